The Hall–Kier alpha value is -3.54. The summed E-state index contributed by atoms with van der Waals surface area (Å²) in [6.45, 7) is 3.59. The van der Waals surface area contributed by atoms with Crippen LogP contribution in [0.15, 0.2) is 48.5 Å². The van der Waals surface area contributed by atoms with Crippen LogP contribution in [0.25, 0.3) is 0 Å². The van der Waals surface area contributed by atoms with Gasteiger partial charge in [-0.25, -0.2) is 0 Å². The van der Waals surface area contributed by atoms with Gasteiger partial charge in [0.15, 0.2) is 23.0 Å². The van der Waals surface area contributed by atoms with Crippen molar-refractivity contribution >= 4 is 0 Å². The van der Waals surface area contributed by atoms with Crippen molar-refractivity contribution in [2.45, 2.75) is 20.5 Å². The highest BCUT2D eigenvalue weighted by Crippen LogP contribution is 2.40. The fourth-order valence-corrected chi connectivity index (χ4v) is 2.60. The molecule has 0 aromatic heterocycles. The molecule has 0 radical (unpaired) electrons. The maximum atomic E-state index is 10.1. The highest BCUT2D eigenvalue weighted by atomic mass is 16.5. The van der Waals surface area contributed by atoms with Crippen LogP contribution in [0.3, 0.4) is 0 Å². The van der Waals surface area contributed by atoms with Gasteiger partial charge in [0.25, 0.3) is 0 Å². The van der Waals surface area contributed by atoms with E-state index in [1.165, 1.54) is 24.3 Å². The van der Waals surface area contributed by atoms with Crippen molar-refractivity contribution in [2.24, 2.45) is 0 Å². The largest absolute Gasteiger partial charge is 0.508 e. The van der Waals surface area contributed by atoms with Gasteiger partial charge in [-0.1, -0.05) is 6.07 Å². The van der Waals surface area contributed by atoms with E-state index in [-0.39, 0.29) is 35.4 Å². The van der Waals surface area contributed by atoms with Crippen molar-refractivity contribution in [3.63, 3.8) is 0 Å². The van der Waals surface area contributed by atoms with E-state index in [0.717, 1.165) is 5.56 Å². The van der Waals surface area contributed by atoms with Crippen molar-refractivity contribution in [2.75, 3.05) is 0 Å². The average Bonchev–Trinajstić information content (AvgIpc) is 2.62. The molecule has 140 valence electrons. The Morgan fingerprint density at radius 3 is 2.22 bits per heavy atom. The van der Waals surface area contributed by atoms with E-state index in [4.69, 9.17) is 9.47 Å². The monoisotopic (exact) mass is 368 g/mol. The number of benzene rings is 3. The Balaban J connectivity index is 1.86. The molecule has 0 fully saturated rings. The second kappa shape index (κ2) is 7.37. The first kappa shape index (κ1) is 18.3. The van der Waals surface area contributed by atoms with Crippen LogP contribution in [0.5, 0.6) is 40.2 Å². The quantitative estimate of drug-likeness (QED) is 0.529. The van der Waals surface area contributed by atoms with Crippen LogP contribution in [0, 0.1) is 13.8 Å². The Morgan fingerprint density at radius 1 is 0.741 bits per heavy atom. The van der Waals surface area contributed by atoms with E-state index in [9.17, 15) is 20.4 Å². The van der Waals surface area contributed by atoms with Gasteiger partial charge in [0.2, 0.25) is 0 Å². The lowest BCUT2D eigenvalue weighted by molar-refractivity contribution is 0.279. The minimum atomic E-state index is -0.107. The topological polar surface area (TPSA) is 99.4 Å². The first-order valence-corrected chi connectivity index (χ1v) is 8.29. The zero-order chi connectivity index (χ0) is 19.6. The number of aromatic hydroxyl groups is 4. The van der Waals surface area contributed by atoms with E-state index in [1.807, 2.05) is 6.92 Å². The van der Waals surface area contributed by atoms with Crippen molar-refractivity contribution in [1.82, 2.24) is 0 Å². The summed E-state index contributed by atoms with van der Waals surface area (Å²) in [7, 11) is 0. The Bertz CT molecular complexity index is 981. The molecule has 0 aliphatic carbocycles. The summed E-state index contributed by atoms with van der Waals surface area (Å²) in [5.41, 5.74) is 1.92. The van der Waals surface area contributed by atoms with E-state index < -0.39 is 0 Å². The second-order valence-corrected chi connectivity index (χ2v) is 6.21. The average molecular weight is 368 g/mol. The SMILES string of the molecule is Cc1ccc(O)c(Oc2ccc(O)c(OCc3ccc(O)cc3O)c2C)c1. The Kier molecular flexibility index (Phi) is 4.98. The van der Waals surface area contributed by atoms with E-state index >= 15 is 0 Å². The predicted molar refractivity (Wildman–Crippen MR) is 99.9 cm³/mol. The molecule has 6 nitrogen and oxygen atoms in total. The van der Waals surface area contributed by atoms with Crippen LogP contribution in [0.2, 0.25) is 0 Å². The first-order valence-electron chi connectivity index (χ1n) is 8.29. The molecule has 0 saturated carbocycles. The third-order valence-corrected chi connectivity index (χ3v) is 4.11. The highest BCUT2D eigenvalue weighted by Gasteiger charge is 2.15. The summed E-state index contributed by atoms with van der Waals surface area (Å²) in [4.78, 5) is 0. The highest BCUT2D eigenvalue weighted by molar-refractivity contribution is 5.55. The molecule has 0 heterocycles. The molecule has 6 heteroatoms. The summed E-state index contributed by atoms with van der Waals surface area (Å²) < 4.78 is 11.5. The normalized spacial score (nSPS) is 10.6. The van der Waals surface area contributed by atoms with Gasteiger partial charge in [-0.05, 0) is 55.8 Å². The van der Waals surface area contributed by atoms with Crippen LogP contribution in [-0.2, 0) is 6.61 Å². The fraction of sp³-hybridized carbons (Fsp3) is 0.143. The van der Waals surface area contributed by atoms with Crippen molar-refractivity contribution in [1.29, 1.82) is 0 Å². The number of hydrogen-bond donors (Lipinski definition) is 4. The maximum Gasteiger partial charge on any atom is 0.169 e. The molecular formula is C21H20O6. The molecule has 0 amide bonds. The van der Waals surface area contributed by atoms with Crippen molar-refractivity contribution in [3.8, 4) is 40.2 Å². The lowest BCUT2D eigenvalue weighted by Gasteiger charge is -2.16. The van der Waals surface area contributed by atoms with E-state index in [0.29, 0.717) is 22.6 Å². The number of ether oxygens (including phenoxy) is 2. The Morgan fingerprint density at radius 2 is 1.48 bits per heavy atom. The van der Waals surface area contributed by atoms with Gasteiger partial charge in [-0.15, -0.1) is 0 Å². The van der Waals surface area contributed by atoms with Crippen LogP contribution in [-0.4, -0.2) is 20.4 Å². The summed E-state index contributed by atoms with van der Waals surface area (Å²) in [6.07, 6.45) is 0. The van der Waals surface area contributed by atoms with E-state index in [2.05, 4.69) is 0 Å². The number of phenolic OH excluding ortho intramolecular Hbond substituents is 4. The molecule has 0 unspecified atom stereocenters. The summed E-state index contributed by atoms with van der Waals surface area (Å²) in [5, 5.41) is 39.3. The van der Waals surface area contributed by atoms with Gasteiger partial charge in [0.05, 0.1) is 0 Å². The molecule has 0 aliphatic rings. The molecule has 3 aromatic carbocycles. The predicted octanol–water partition coefficient (Wildman–Crippen LogP) is 4.50. The molecule has 0 aliphatic heterocycles. The number of aryl methyl sites for hydroxylation is 1. The number of rotatable bonds is 5. The molecular weight excluding hydrogens is 348 g/mol. The molecule has 0 spiro atoms. The lowest BCUT2D eigenvalue weighted by Crippen LogP contribution is -1.99. The lowest BCUT2D eigenvalue weighted by atomic mass is 10.1. The first-order chi connectivity index (χ1) is 12.8. The second-order valence-electron chi connectivity index (χ2n) is 6.21. The molecule has 0 atom stereocenters. The third kappa shape index (κ3) is 4.00. The Labute approximate surface area is 156 Å². The summed E-state index contributed by atoms with van der Waals surface area (Å²) >= 11 is 0. The van der Waals surface area contributed by atoms with E-state index in [1.54, 1.807) is 31.2 Å². The molecule has 27 heavy (non-hydrogen) atoms. The van der Waals surface area contributed by atoms with Gasteiger partial charge >= 0.3 is 0 Å². The number of hydrogen-bond acceptors (Lipinski definition) is 6. The van der Waals surface area contributed by atoms with Gasteiger partial charge in [0, 0.05) is 17.2 Å². The standard InChI is InChI=1S/C21H20O6/c1-12-3-6-16(23)20(9-12)27-19-8-7-17(24)21(13(19)2)26-11-14-4-5-15(22)10-18(14)25/h3-10,22-25H,11H2,1-2H3. The summed E-state index contributed by atoms with van der Waals surface area (Å²) in [6, 6.07) is 12.2. The van der Waals surface area contributed by atoms with Crippen molar-refractivity contribution < 1.29 is 29.9 Å². The maximum absolute atomic E-state index is 10.1. The zero-order valence-corrected chi connectivity index (χ0v) is 14.9. The van der Waals surface area contributed by atoms with Gasteiger partial charge in [0.1, 0.15) is 23.9 Å². The third-order valence-electron chi connectivity index (χ3n) is 4.11. The molecule has 4 N–H and O–H groups in total. The molecule has 0 saturated heterocycles. The van der Waals surface area contributed by atoms with Crippen LogP contribution >= 0.6 is 0 Å². The van der Waals surface area contributed by atoms with Gasteiger partial charge < -0.3 is 29.9 Å². The zero-order valence-electron chi connectivity index (χ0n) is 14.9. The minimum Gasteiger partial charge on any atom is -0.508 e. The molecule has 0 bridgehead atoms. The van der Waals surface area contributed by atoms with Crippen LogP contribution in [0.1, 0.15) is 16.7 Å². The molecule has 3 rings (SSSR count). The molecule has 3 aromatic rings. The minimum absolute atomic E-state index is 0.00422. The van der Waals surface area contributed by atoms with Crippen LogP contribution < -0.4 is 9.47 Å². The van der Waals surface area contributed by atoms with Gasteiger partial charge in [-0.3, -0.25) is 0 Å². The number of phenols is 4. The van der Waals surface area contributed by atoms with Gasteiger partial charge in [-0.2, -0.15) is 0 Å². The fourth-order valence-electron chi connectivity index (χ4n) is 2.60. The van der Waals surface area contributed by atoms with Crippen molar-refractivity contribution in [3.05, 3.63) is 65.2 Å². The summed E-state index contributed by atoms with van der Waals surface area (Å²) in [5.74, 6) is 0.681. The van der Waals surface area contributed by atoms with Crippen LogP contribution in [0.4, 0.5) is 0 Å². The smallest absolute Gasteiger partial charge is 0.169 e.